The van der Waals surface area contributed by atoms with Crippen LogP contribution in [-0.4, -0.2) is 56.8 Å². The molecule has 0 unspecified atom stereocenters. The largest absolute Gasteiger partial charge is 0.497 e. The molecule has 0 saturated carbocycles. The van der Waals surface area contributed by atoms with E-state index in [1.807, 2.05) is 54.6 Å². The first-order valence-corrected chi connectivity index (χ1v) is 10.8. The number of rotatable bonds is 6. The number of methoxy groups -OCH3 is 1. The molecule has 1 heterocycles. The van der Waals surface area contributed by atoms with Crippen molar-refractivity contribution in [2.24, 2.45) is 0 Å². The van der Waals surface area contributed by atoms with Crippen molar-refractivity contribution < 1.29 is 17.9 Å². The van der Waals surface area contributed by atoms with E-state index in [4.69, 9.17) is 4.74 Å². The first-order chi connectivity index (χ1) is 14.0. The predicted molar refractivity (Wildman–Crippen MR) is 115 cm³/mol. The second-order valence-electron chi connectivity index (χ2n) is 6.59. The molecule has 0 atom stereocenters. The molecule has 0 aliphatic carbocycles. The fraction of sp³-hybridized carbons (Fsp3) is 0.227. The van der Waals surface area contributed by atoms with Gasteiger partial charge in [-0.05, 0) is 35.4 Å². The lowest BCUT2D eigenvalue weighted by molar-refractivity contribution is -0.127. The van der Waals surface area contributed by atoms with E-state index in [-0.39, 0.29) is 19.0 Å². The molecule has 1 aliphatic rings. The fourth-order valence-corrected chi connectivity index (χ4v) is 4.14. The molecule has 6 nitrogen and oxygen atoms in total. The number of hydrogen-bond acceptors (Lipinski definition) is 4. The van der Waals surface area contributed by atoms with Crippen LogP contribution in [0, 0.1) is 0 Å². The lowest BCUT2D eigenvalue weighted by Crippen LogP contribution is -2.49. The Morgan fingerprint density at radius 1 is 0.897 bits per heavy atom. The number of amides is 1. The van der Waals surface area contributed by atoms with Gasteiger partial charge in [-0.15, -0.1) is 0 Å². The van der Waals surface area contributed by atoms with Gasteiger partial charge in [-0.2, -0.15) is 4.31 Å². The minimum atomic E-state index is -3.51. The molecule has 0 radical (unpaired) electrons. The first-order valence-electron chi connectivity index (χ1n) is 9.32. The van der Waals surface area contributed by atoms with E-state index in [2.05, 4.69) is 0 Å². The Hall–Kier alpha value is -2.90. The minimum absolute atomic E-state index is 0.127. The van der Waals surface area contributed by atoms with Gasteiger partial charge in [0.1, 0.15) is 5.75 Å². The van der Waals surface area contributed by atoms with Gasteiger partial charge in [-0.25, -0.2) is 8.42 Å². The number of nitrogens with zero attached hydrogens (tertiary/aromatic N) is 2. The van der Waals surface area contributed by atoms with Gasteiger partial charge in [0.25, 0.3) is 0 Å². The Labute approximate surface area is 171 Å². The number of piperazine rings is 1. The maximum absolute atomic E-state index is 12.5. The molecule has 29 heavy (non-hydrogen) atoms. The van der Waals surface area contributed by atoms with Gasteiger partial charge in [-0.1, -0.05) is 42.5 Å². The van der Waals surface area contributed by atoms with E-state index in [0.29, 0.717) is 13.1 Å². The number of carbonyl (C=O) groups excluding carboxylic acids is 1. The standard InChI is InChI=1S/C22H24N2O4S/c1-28-21-10-7-20(8-11-21)9-12-22(25)23-14-16-24(17-15-23)29(26,27)18-13-19-5-3-2-4-6-19/h2-13,18H,14-17H2,1H3/b12-9+,18-13+. The molecule has 0 bridgehead atoms. The first kappa shape index (κ1) is 20.8. The molecule has 7 heteroatoms. The van der Waals surface area contributed by atoms with Gasteiger partial charge in [0.05, 0.1) is 7.11 Å². The maximum atomic E-state index is 12.5. The summed E-state index contributed by atoms with van der Waals surface area (Å²) >= 11 is 0. The van der Waals surface area contributed by atoms with Gasteiger partial charge in [0.2, 0.25) is 15.9 Å². The van der Waals surface area contributed by atoms with Crippen molar-refractivity contribution in [3.05, 3.63) is 77.2 Å². The summed E-state index contributed by atoms with van der Waals surface area (Å²) in [5.41, 5.74) is 1.72. The second kappa shape index (κ2) is 9.54. The molecule has 0 N–H and O–H groups in total. The zero-order valence-electron chi connectivity index (χ0n) is 16.3. The summed E-state index contributed by atoms with van der Waals surface area (Å²) in [5, 5.41) is 1.23. The van der Waals surface area contributed by atoms with Crippen LogP contribution in [0.4, 0.5) is 0 Å². The highest BCUT2D eigenvalue weighted by atomic mass is 32.2. The normalized spacial score (nSPS) is 15.8. The SMILES string of the molecule is COc1ccc(/C=C/C(=O)N2CCN(S(=O)(=O)/C=C/c3ccccc3)CC2)cc1. The van der Waals surface area contributed by atoms with Crippen LogP contribution >= 0.6 is 0 Å². The van der Waals surface area contributed by atoms with Gasteiger partial charge >= 0.3 is 0 Å². The van der Waals surface area contributed by atoms with Crippen LogP contribution < -0.4 is 4.74 Å². The van der Waals surface area contributed by atoms with Crippen LogP contribution in [0.15, 0.2) is 66.1 Å². The highest BCUT2D eigenvalue weighted by Crippen LogP contribution is 2.14. The molecule has 0 aromatic heterocycles. The Kier molecular flexibility index (Phi) is 6.85. The van der Waals surface area contributed by atoms with Crippen LogP contribution in [0.1, 0.15) is 11.1 Å². The lowest BCUT2D eigenvalue weighted by atomic mass is 10.2. The number of carbonyl (C=O) groups is 1. The summed E-state index contributed by atoms with van der Waals surface area (Å²) in [5.74, 6) is 0.629. The maximum Gasteiger partial charge on any atom is 0.246 e. The Morgan fingerprint density at radius 3 is 2.14 bits per heavy atom. The Balaban J connectivity index is 1.54. The number of hydrogen-bond donors (Lipinski definition) is 0. The average molecular weight is 413 g/mol. The van der Waals surface area contributed by atoms with Crippen molar-refractivity contribution >= 4 is 28.1 Å². The third kappa shape index (κ3) is 5.79. The van der Waals surface area contributed by atoms with Gasteiger partial charge in [-0.3, -0.25) is 4.79 Å². The summed E-state index contributed by atoms with van der Waals surface area (Å²) in [4.78, 5) is 14.1. The molecule has 2 aromatic rings. The molecule has 1 amide bonds. The molecular weight excluding hydrogens is 388 g/mol. The summed E-state index contributed by atoms with van der Waals surface area (Å²) in [6, 6.07) is 16.7. The third-order valence-electron chi connectivity index (χ3n) is 4.68. The lowest BCUT2D eigenvalue weighted by Gasteiger charge is -2.32. The van der Waals surface area contributed by atoms with Gasteiger partial charge in [0, 0.05) is 37.7 Å². The van der Waals surface area contributed by atoms with Crippen molar-refractivity contribution in [2.75, 3.05) is 33.3 Å². The molecule has 152 valence electrons. The monoisotopic (exact) mass is 412 g/mol. The summed E-state index contributed by atoms with van der Waals surface area (Å²) in [6.45, 7) is 1.29. The molecule has 1 fully saturated rings. The number of benzene rings is 2. The Bertz CT molecular complexity index is 975. The quantitative estimate of drug-likeness (QED) is 0.685. The minimum Gasteiger partial charge on any atom is -0.497 e. The third-order valence-corrected chi connectivity index (χ3v) is 6.24. The van der Waals surface area contributed by atoms with Crippen LogP contribution in [-0.2, 0) is 14.8 Å². The zero-order chi connectivity index (χ0) is 20.7. The second-order valence-corrected chi connectivity index (χ2v) is 8.41. The van der Waals surface area contributed by atoms with E-state index in [9.17, 15) is 13.2 Å². The molecular formula is C22H24N2O4S. The molecule has 2 aromatic carbocycles. The van der Waals surface area contributed by atoms with E-state index in [1.165, 1.54) is 15.8 Å². The smallest absolute Gasteiger partial charge is 0.246 e. The van der Waals surface area contributed by atoms with Crippen molar-refractivity contribution in [1.82, 2.24) is 9.21 Å². The van der Waals surface area contributed by atoms with Crippen LogP contribution in [0.5, 0.6) is 5.75 Å². The summed E-state index contributed by atoms with van der Waals surface area (Å²) in [6.07, 6.45) is 4.85. The van der Waals surface area contributed by atoms with Crippen molar-refractivity contribution in [1.29, 1.82) is 0 Å². The van der Waals surface area contributed by atoms with Crippen molar-refractivity contribution in [3.8, 4) is 5.75 Å². The van der Waals surface area contributed by atoms with Gasteiger partial charge < -0.3 is 9.64 Å². The van der Waals surface area contributed by atoms with Crippen molar-refractivity contribution in [2.45, 2.75) is 0 Å². The number of ether oxygens (including phenoxy) is 1. The molecule has 3 rings (SSSR count). The summed E-state index contributed by atoms with van der Waals surface area (Å²) < 4.78 is 31.5. The summed E-state index contributed by atoms with van der Waals surface area (Å²) in [7, 11) is -1.90. The van der Waals surface area contributed by atoms with E-state index in [1.54, 1.807) is 24.2 Å². The number of sulfonamides is 1. The average Bonchev–Trinajstić information content (AvgIpc) is 2.77. The molecule has 1 saturated heterocycles. The van der Waals surface area contributed by atoms with Crippen LogP contribution in [0.25, 0.3) is 12.2 Å². The highest BCUT2D eigenvalue weighted by Gasteiger charge is 2.26. The van der Waals surface area contributed by atoms with Crippen molar-refractivity contribution in [3.63, 3.8) is 0 Å². The Morgan fingerprint density at radius 2 is 1.52 bits per heavy atom. The molecule has 0 spiro atoms. The van der Waals surface area contributed by atoms with Gasteiger partial charge in [0.15, 0.2) is 0 Å². The fourth-order valence-electron chi connectivity index (χ4n) is 2.97. The topological polar surface area (TPSA) is 66.9 Å². The van der Waals surface area contributed by atoms with Crippen LogP contribution in [0.2, 0.25) is 0 Å². The van der Waals surface area contributed by atoms with E-state index in [0.717, 1.165) is 16.9 Å². The van der Waals surface area contributed by atoms with Crippen LogP contribution in [0.3, 0.4) is 0 Å². The predicted octanol–water partition coefficient (Wildman–Crippen LogP) is 2.85. The molecule has 1 aliphatic heterocycles. The van der Waals surface area contributed by atoms with E-state index >= 15 is 0 Å². The van der Waals surface area contributed by atoms with E-state index < -0.39 is 10.0 Å². The zero-order valence-corrected chi connectivity index (χ0v) is 17.1. The highest BCUT2D eigenvalue weighted by molar-refractivity contribution is 7.92.